The van der Waals surface area contributed by atoms with E-state index in [4.69, 9.17) is 0 Å². The molecule has 1 aliphatic heterocycles. The first-order valence-electron chi connectivity index (χ1n) is 9.44. The van der Waals surface area contributed by atoms with Crippen molar-refractivity contribution in [2.45, 2.75) is 30.4 Å². The van der Waals surface area contributed by atoms with Crippen LogP contribution in [0.3, 0.4) is 0 Å². The molecule has 140 valence electrons. The molecule has 0 amide bonds. The van der Waals surface area contributed by atoms with Crippen molar-refractivity contribution in [3.05, 3.63) is 95.1 Å². The van der Waals surface area contributed by atoms with Gasteiger partial charge >= 0.3 is 0 Å². The predicted octanol–water partition coefficient (Wildman–Crippen LogP) is 4.21. The molecule has 0 saturated carbocycles. The maximum absolute atomic E-state index is 14.2. The lowest BCUT2D eigenvalue weighted by Gasteiger charge is -2.41. The maximum atomic E-state index is 14.2. The minimum atomic E-state index is -3.62. The third-order valence-electron chi connectivity index (χ3n) is 5.88. The Labute approximate surface area is 161 Å². The normalized spacial score (nSPS) is 27.3. The summed E-state index contributed by atoms with van der Waals surface area (Å²) < 4.78 is 27.3. The molecule has 0 saturated heterocycles. The highest BCUT2D eigenvalue weighted by atomic mass is 32.2. The van der Waals surface area contributed by atoms with Gasteiger partial charge in [-0.1, -0.05) is 85.3 Å². The molecule has 4 rings (SSSR count). The Balaban J connectivity index is 1.92. The lowest BCUT2D eigenvalue weighted by atomic mass is 9.83. The van der Waals surface area contributed by atoms with E-state index >= 15 is 0 Å². The van der Waals surface area contributed by atoms with Crippen molar-refractivity contribution in [2.75, 3.05) is 6.54 Å². The SMILES string of the molecule is Cc1ccc(C2(S(=O)(=O)C3NCCc4ccccc43)C=CC=CC2C)cc1. The highest BCUT2D eigenvalue weighted by Gasteiger charge is 2.52. The van der Waals surface area contributed by atoms with Crippen LogP contribution in [-0.2, 0) is 21.0 Å². The largest absolute Gasteiger partial charge is 0.297 e. The number of allylic oxidation sites excluding steroid dienone is 3. The van der Waals surface area contributed by atoms with Crippen LogP contribution in [0.4, 0.5) is 0 Å². The van der Waals surface area contributed by atoms with Crippen LogP contribution in [0.2, 0.25) is 0 Å². The van der Waals surface area contributed by atoms with Crippen LogP contribution in [0.5, 0.6) is 0 Å². The molecule has 0 fully saturated rings. The van der Waals surface area contributed by atoms with E-state index in [1.807, 2.05) is 86.7 Å². The summed E-state index contributed by atoms with van der Waals surface area (Å²) in [5.41, 5.74) is 3.94. The summed E-state index contributed by atoms with van der Waals surface area (Å²) >= 11 is 0. The van der Waals surface area contributed by atoms with Crippen molar-refractivity contribution in [3.8, 4) is 0 Å². The Bertz CT molecular complexity index is 1000. The molecular formula is C23H25NO2S. The smallest absolute Gasteiger partial charge is 0.184 e. The quantitative estimate of drug-likeness (QED) is 0.869. The van der Waals surface area contributed by atoms with Crippen LogP contribution in [0, 0.1) is 12.8 Å². The molecule has 3 atom stereocenters. The first kappa shape index (κ1) is 18.2. The van der Waals surface area contributed by atoms with Crippen LogP contribution >= 0.6 is 0 Å². The number of aryl methyl sites for hydroxylation is 1. The molecule has 1 heterocycles. The van der Waals surface area contributed by atoms with Gasteiger partial charge in [0.15, 0.2) is 9.84 Å². The Kier molecular flexibility index (Phi) is 4.57. The second kappa shape index (κ2) is 6.77. The molecule has 0 spiro atoms. The minimum absolute atomic E-state index is 0.161. The van der Waals surface area contributed by atoms with Gasteiger partial charge in [0.1, 0.15) is 10.1 Å². The Hall–Kier alpha value is -2.17. The molecule has 0 aromatic heterocycles. The number of nitrogens with one attached hydrogen (secondary N) is 1. The van der Waals surface area contributed by atoms with Gasteiger partial charge in [0.2, 0.25) is 0 Å². The fourth-order valence-corrected chi connectivity index (χ4v) is 6.97. The monoisotopic (exact) mass is 379 g/mol. The Morgan fingerprint density at radius 2 is 1.78 bits per heavy atom. The molecule has 3 nitrogen and oxygen atoms in total. The molecule has 0 radical (unpaired) electrons. The molecule has 1 N–H and O–H groups in total. The third-order valence-corrected chi connectivity index (χ3v) is 8.60. The first-order chi connectivity index (χ1) is 13.0. The van der Waals surface area contributed by atoms with Crippen molar-refractivity contribution in [3.63, 3.8) is 0 Å². The fourth-order valence-electron chi connectivity index (χ4n) is 4.35. The van der Waals surface area contributed by atoms with Crippen LogP contribution in [-0.4, -0.2) is 15.0 Å². The summed E-state index contributed by atoms with van der Waals surface area (Å²) in [5, 5.41) is 2.59. The zero-order valence-corrected chi connectivity index (χ0v) is 16.5. The van der Waals surface area contributed by atoms with Gasteiger partial charge in [0.05, 0.1) is 0 Å². The van der Waals surface area contributed by atoms with Crippen LogP contribution in [0.1, 0.15) is 34.6 Å². The maximum Gasteiger partial charge on any atom is 0.184 e. The zero-order chi connectivity index (χ0) is 19.1. The van der Waals surface area contributed by atoms with E-state index in [-0.39, 0.29) is 5.92 Å². The van der Waals surface area contributed by atoms with E-state index in [2.05, 4.69) is 5.32 Å². The standard InChI is InChI=1S/C23H25NO2S/c1-17-10-12-20(13-11-17)23(15-6-5-7-18(23)2)27(25,26)22-21-9-4-3-8-19(21)14-16-24-22/h3-13,15,18,22,24H,14,16H2,1-2H3. The molecule has 1 aliphatic carbocycles. The molecule has 2 aromatic rings. The lowest BCUT2D eigenvalue weighted by Crippen LogP contribution is -2.48. The van der Waals surface area contributed by atoms with E-state index in [1.54, 1.807) is 0 Å². The van der Waals surface area contributed by atoms with Gasteiger partial charge in [-0.25, -0.2) is 8.42 Å². The van der Waals surface area contributed by atoms with Gasteiger partial charge < -0.3 is 0 Å². The first-order valence-corrected chi connectivity index (χ1v) is 11.0. The van der Waals surface area contributed by atoms with Gasteiger partial charge in [0.25, 0.3) is 0 Å². The molecule has 3 unspecified atom stereocenters. The Morgan fingerprint density at radius 3 is 2.52 bits per heavy atom. The van der Waals surface area contributed by atoms with Crippen molar-refractivity contribution >= 4 is 9.84 Å². The second-order valence-electron chi connectivity index (χ2n) is 7.52. The van der Waals surface area contributed by atoms with E-state index in [0.29, 0.717) is 6.54 Å². The molecular weight excluding hydrogens is 354 g/mol. The topological polar surface area (TPSA) is 46.2 Å². The van der Waals surface area contributed by atoms with E-state index in [0.717, 1.165) is 28.7 Å². The number of benzene rings is 2. The highest BCUT2D eigenvalue weighted by molar-refractivity contribution is 7.92. The van der Waals surface area contributed by atoms with Crippen molar-refractivity contribution < 1.29 is 8.42 Å². The number of hydrogen-bond donors (Lipinski definition) is 1. The number of hydrogen-bond acceptors (Lipinski definition) is 3. The summed E-state index contributed by atoms with van der Waals surface area (Å²) in [6, 6.07) is 15.8. The van der Waals surface area contributed by atoms with Gasteiger partial charge in [-0.05, 0) is 30.0 Å². The van der Waals surface area contributed by atoms with Crippen LogP contribution in [0.25, 0.3) is 0 Å². The summed E-state index contributed by atoms with van der Waals surface area (Å²) in [5.74, 6) is -0.161. The van der Waals surface area contributed by atoms with Gasteiger partial charge in [-0.15, -0.1) is 0 Å². The van der Waals surface area contributed by atoms with E-state index in [1.165, 1.54) is 0 Å². The second-order valence-corrected chi connectivity index (χ2v) is 9.76. The average molecular weight is 380 g/mol. The summed E-state index contributed by atoms with van der Waals surface area (Å²) in [4.78, 5) is 0. The molecule has 4 heteroatoms. The fraction of sp³-hybridized carbons (Fsp3) is 0.304. The predicted molar refractivity (Wildman–Crippen MR) is 110 cm³/mol. The van der Waals surface area contributed by atoms with Crippen LogP contribution < -0.4 is 5.32 Å². The van der Waals surface area contributed by atoms with E-state index < -0.39 is 20.0 Å². The van der Waals surface area contributed by atoms with Gasteiger partial charge in [0, 0.05) is 12.5 Å². The zero-order valence-electron chi connectivity index (χ0n) is 15.7. The van der Waals surface area contributed by atoms with Crippen molar-refractivity contribution in [2.24, 2.45) is 5.92 Å². The molecule has 27 heavy (non-hydrogen) atoms. The van der Waals surface area contributed by atoms with Crippen molar-refractivity contribution in [1.82, 2.24) is 5.32 Å². The average Bonchev–Trinajstić information content (AvgIpc) is 2.68. The molecule has 2 aromatic carbocycles. The minimum Gasteiger partial charge on any atom is -0.297 e. The lowest BCUT2D eigenvalue weighted by molar-refractivity contribution is 0.473. The number of sulfone groups is 1. The molecule has 0 bridgehead atoms. The summed E-state index contributed by atoms with van der Waals surface area (Å²) in [6.07, 6.45) is 8.52. The van der Waals surface area contributed by atoms with Crippen molar-refractivity contribution in [1.29, 1.82) is 0 Å². The van der Waals surface area contributed by atoms with Crippen LogP contribution in [0.15, 0.2) is 72.8 Å². The van der Waals surface area contributed by atoms with Gasteiger partial charge in [-0.3, -0.25) is 5.32 Å². The molecule has 2 aliphatic rings. The van der Waals surface area contributed by atoms with Gasteiger partial charge in [-0.2, -0.15) is 0 Å². The number of rotatable bonds is 3. The Morgan fingerprint density at radius 1 is 1.04 bits per heavy atom. The third kappa shape index (κ3) is 2.79. The summed E-state index contributed by atoms with van der Waals surface area (Å²) in [7, 11) is -3.62. The number of fused-ring (bicyclic) bond motifs is 1. The summed E-state index contributed by atoms with van der Waals surface area (Å²) in [6.45, 7) is 4.68. The van der Waals surface area contributed by atoms with E-state index in [9.17, 15) is 8.42 Å². The highest BCUT2D eigenvalue weighted by Crippen LogP contribution is 2.47.